The van der Waals surface area contributed by atoms with E-state index in [1.54, 1.807) is 13.3 Å². The summed E-state index contributed by atoms with van der Waals surface area (Å²) in [7, 11) is 1.71. The van der Waals surface area contributed by atoms with E-state index in [1.165, 1.54) is 18.9 Å². The van der Waals surface area contributed by atoms with Gasteiger partial charge in [-0.25, -0.2) is 9.37 Å². The molecule has 0 unspecified atom stereocenters. The second-order valence-electron chi connectivity index (χ2n) is 5.69. The van der Waals surface area contributed by atoms with Crippen LogP contribution in [0.15, 0.2) is 18.5 Å². The van der Waals surface area contributed by atoms with Gasteiger partial charge in [0, 0.05) is 45.2 Å². The molecule has 2 aromatic heterocycles. The van der Waals surface area contributed by atoms with Crippen LogP contribution in [-0.4, -0.2) is 29.3 Å². The van der Waals surface area contributed by atoms with Gasteiger partial charge in [-0.3, -0.25) is 0 Å². The zero-order chi connectivity index (χ0) is 14.7. The van der Waals surface area contributed by atoms with Gasteiger partial charge in [0.25, 0.3) is 0 Å². The maximum absolute atomic E-state index is 14.1. The van der Waals surface area contributed by atoms with E-state index in [4.69, 9.17) is 4.74 Å². The van der Waals surface area contributed by atoms with Gasteiger partial charge in [-0.1, -0.05) is 0 Å². The molecule has 0 aromatic carbocycles. The summed E-state index contributed by atoms with van der Waals surface area (Å²) in [5, 5.41) is 4.12. The quantitative estimate of drug-likeness (QED) is 0.760. The van der Waals surface area contributed by atoms with Crippen molar-refractivity contribution < 1.29 is 9.13 Å². The molecule has 0 bridgehead atoms. The number of fused-ring (bicyclic) bond motifs is 1. The van der Waals surface area contributed by atoms with Gasteiger partial charge in [0.05, 0.1) is 5.39 Å². The van der Waals surface area contributed by atoms with Crippen molar-refractivity contribution in [1.82, 2.24) is 14.9 Å². The molecule has 2 aromatic rings. The molecule has 1 fully saturated rings. The lowest BCUT2D eigenvalue weighted by molar-refractivity contribution is 0.191. The summed E-state index contributed by atoms with van der Waals surface area (Å²) in [4.78, 5) is 4.37. The summed E-state index contributed by atoms with van der Waals surface area (Å²) in [5.41, 5.74) is 1.76. The standard InChI is InChI=1S/C16H22FN3O/c1-21-9-3-2-8-20-11-12(10-19-13-4-5-13)15-14(17)6-7-18-16(15)20/h6-7,11,13,19H,2-5,8-10H2,1H3. The molecule has 21 heavy (non-hydrogen) atoms. The lowest BCUT2D eigenvalue weighted by atomic mass is 10.2. The van der Waals surface area contributed by atoms with Crippen LogP contribution in [0.4, 0.5) is 4.39 Å². The Labute approximate surface area is 124 Å². The number of hydrogen-bond donors (Lipinski definition) is 1. The first-order valence-corrected chi connectivity index (χ1v) is 7.64. The third kappa shape index (κ3) is 3.41. The van der Waals surface area contributed by atoms with Gasteiger partial charge in [-0.05, 0) is 37.3 Å². The molecule has 2 heterocycles. The zero-order valence-electron chi connectivity index (χ0n) is 12.4. The molecule has 1 aliphatic carbocycles. The van der Waals surface area contributed by atoms with Crippen molar-refractivity contribution in [2.45, 2.75) is 44.8 Å². The third-order valence-electron chi connectivity index (χ3n) is 3.94. The van der Waals surface area contributed by atoms with Gasteiger partial charge in [0.1, 0.15) is 11.5 Å². The number of nitrogens with one attached hydrogen (secondary N) is 1. The monoisotopic (exact) mass is 291 g/mol. The minimum Gasteiger partial charge on any atom is -0.385 e. The molecule has 5 heteroatoms. The molecular formula is C16H22FN3O. The number of nitrogens with zero attached hydrogens (tertiary/aromatic N) is 2. The smallest absolute Gasteiger partial charge is 0.143 e. The summed E-state index contributed by atoms with van der Waals surface area (Å²) in [6, 6.07) is 2.06. The van der Waals surface area contributed by atoms with Crippen molar-refractivity contribution in [2.75, 3.05) is 13.7 Å². The number of unbranched alkanes of at least 4 members (excludes halogenated alkanes) is 1. The molecule has 0 amide bonds. The van der Waals surface area contributed by atoms with E-state index in [1.807, 2.05) is 6.20 Å². The van der Waals surface area contributed by atoms with E-state index < -0.39 is 0 Å². The molecule has 0 radical (unpaired) electrons. The van der Waals surface area contributed by atoms with E-state index in [9.17, 15) is 4.39 Å². The first-order chi connectivity index (χ1) is 10.3. The Hall–Kier alpha value is -1.46. The predicted molar refractivity (Wildman–Crippen MR) is 80.7 cm³/mol. The Morgan fingerprint density at radius 2 is 2.29 bits per heavy atom. The fourth-order valence-corrected chi connectivity index (χ4v) is 2.63. The van der Waals surface area contributed by atoms with E-state index in [2.05, 4.69) is 14.9 Å². The second-order valence-corrected chi connectivity index (χ2v) is 5.69. The van der Waals surface area contributed by atoms with Crippen molar-refractivity contribution in [1.29, 1.82) is 0 Å². The molecular weight excluding hydrogens is 269 g/mol. The van der Waals surface area contributed by atoms with Crippen LogP contribution in [0.5, 0.6) is 0 Å². The fourth-order valence-electron chi connectivity index (χ4n) is 2.63. The van der Waals surface area contributed by atoms with Gasteiger partial charge >= 0.3 is 0 Å². The SMILES string of the molecule is COCCCCn1cc(CNC2CC2)c2c(F)ccnc21. The van der Waals surface area contributed by atoms with Gasteiger partial charge in [-0.15, -0.1) is 0 Å². The zero-order valence-corrected chi connectivity index (χ0v) is 12.4. The van der Waals surface area contributed by atoms with Crippen molar-refractivity contribution in [3.63, 3.8) is 0 Å². The summed E-state index contributed by atoms with van der Waals surface area (Å²) >= 11 is 0. The Bertz CT molecular complexity index is 607. The molecule has 1 N–H and O–H groups in total. The molecule has 0 aliphatic heterocycles. The number of hydrogen-bond acceptors (Lipinski definition) is 3. The average molecular weight is 291 g/mol. The minimum absolute atomic E-state index is 0.178. The van der Waals surface area contributed by atoms with Crippen LogP contribution in [-0.2, 0) is 17.8 Å². The van der Waals surface area contributed by atoms with Crippen LogP contribution in [0.2, 0.25) is 0 Å². The average Bonchev–Trinajstić information content (AvgIpc) is 3.24. The van der Waals surface area contributed by atoms with Crippen molar-refractivity contribution in [3.8, 4) is 0 Å². The molecule has 4 nitrogen and oxygen atoms in total. The highest BCUT2D eigenvalue weighted by atomic mass is 19.1. The number of pyridine rings is 1. The van der Waals surface area contributed by atoms with E-state index in [0.29, 0.717) is 11.4 Å². The van der Waals surface area contributed by atoms with Crippen molar-refractivity contribution in [3.05, 3.63) is 29.8 Å². The van der Waals surface area contributed by atoms with Crippen LogP contribution in [0.1, 0.15) is 31.2 Å². The number of aromatic nitrogens is 2. The van der Waals surface area contributed by atoms with E-state index >= 15 is 0 Å². The molecule has 1 aliphatic rings. The lowest BCUT2D eigenvalue weighted by Gasteiger charge is -2.04. The van der Waals surface area contributed by atoms with Crippen LogP contribution in [0, 0.1) is 5.82 Å². The molecule has 0 spiro atoms. The van der Waals surface area contributed by atoms with Crippen LogP contribution in [0.25, 0.3) is 11.0 Å². The molecule has 1 saturated carbocycles. The van der Waals surface area contributed by atoms with Crippen LogP contribution < -0.4 is 5.32 Å². The Kier molecular flexibility index (Phi) is 4.51. The van der Waals surface area contributed by atoms with Crippen LogP contribution >= 0.6 is 0 Å². The number of aryl methyl sites for hydroxylation is 1. The van der Waals surface area contributed by atoms with E-state index in [0.717, 1.165) is 43.7 Å². The van der Waals surface area contributed by atoms with Gasteiger partial charge in [0.2, 0.25) is 0 Å². The predicted octanol–water partition coefficient (Wildman–Crippen LogP) is 2.85. The van der Waals surface area contributed by atoms with Gasteiger partial charge in [0.15, 0.2) is 0 Å². The summed E-state index contributed by atoms with van der Waals surface area (Å²) in [6.07, 6.45) is 8.06. The maximum Gasteiger partial charge on any atom is 0.143 e. The highest BCUT2D eigenvalue weighted by Gasteiger charge is 2.21. The van der Waals surface area contributed by atoms with Gasteiger partial charge in [-0.2, -0.15) is 0 Å². The molecule has 3 rings (SSSR count). The first-order valence-electron chi connectivity index (χ1n) is 7.64. The number of methoxy groups -OCH3 is 1. The molecule has 0 atom stereocenters. The fraction of sp³-hybridized carbons (Fsp3) is 0.562. The highest BCUT2D eigenvalue weighted by Crippen LogP contribution is 2.25. The Balaban J connectivity index is 1.79. The van der Waals surface area contributed by atoms with E-state index in [-0.39, 0.29) is 5.82 Å². The molecule has 0 saturated heterocycles. The number of halogens is 1. The highest BCUT2D eigenvalue weighted by molar-refractivity contribution is 5.81. The topological polar surface area (TPSA) is 39.1 Å². The number of rotatable bonds is 8. The number of ether oxygens (including phenoxy) is 1. The largest absolute Gasteiger partial charge is 0.385 e. The Morgan fingerprint density at radius 3 is 3.05 bits per heavy atom. The third-order valence-corrected chi connectivity index (χ3v) is 3.94. The second kappa shape index (κ2) is 6.54. The van der Waals surface area contributed by atoms with Crippen molar-refractivity contribution >= 4 is 11.0 Å². The van der Waals surface area contributed by atoms with Crippen molar-refractivity contribution in [2.24, 2.45) is 0 Å². The first kappa shape index (κ1) is 14.5. The minimum atomic E-state index is -0.178. The lowest BCUT2D eigenvalue weighted by Crippen LogP contribution is -2.15. The summed E-state index contributed by atoms with van der Waals surface area (Å²) < 4.78 is 21.3. The summed E-state index contributed by atoms with van der Waals surface area (Å²) in [5.74, 6) is -0.178. The Morgan fingerprint density at radius 1 is 1.43 bits per heavy atom. The normalized spacial score (nSPS) is 15.0. The molecule has 114 valence electrons. The van der Waals surface area contributed by atoms with Gasteiger partial charge < -0.3 is 14.6 Å². The summed E-state index contributed by atoms with van der Waals surface area (Å²) in [6.45, 7) is 2.33. The van der Waals surface area contributed by atoms with Crippen LogP contribution in [0.3, 0.4) is 0 Å². The maximum atomic E-state index is 14.1.